The third kappa shape index (κ3) is 3.92. The number of hydrazone groups is 1. The highest BCUT2D eigenvalue weighted by Crippen LogP contribution is 2.20. The van der Waals surface area contributed by atoms with E-state index in [1.54, 1.807) is 7.05 Å². The summed E-state index contributed by atoms with van der Waals surface area (Å²) in [5, 5.41) is 14.0. The molecule has 0 saturated heterocycles. The van der Waals surface area contributed by atoms with Gasteiger partial charge in [-0.15, -0.1) is 0 Å². The molecule has 1 N–H and O–H groups in total. The fourth-order valence-corrected chi connectivity index (χ4v) is 2.48. The molecule has 0 fully saturated rings. The predicted octanol–water partition coefficient (Wildman–Crippen LogP) is 2.47. The number of hydrogen-bond donors (Lipinski definition) is 1. The maximum atomic E-state index is 12.0. The van der Waals surface area contributed by atoms with Crippen LogP contribution >= 0.6 is 0 Å². The number of carbonyl (C=O) groups is 1. The van der Waals surface area contributed by atoms with Gasteiger partial charge in [-0.3, -0.25) is 4.79 Å². The van der Waals surface area contributed by atoms with E-state index in [0.717, 1.165) is 30.1 Å². The molecular weight excluding hydrogens is 290 g/mol. The zero-order valence-electron chi connectivity index (χ0n) is 13.7. The highest BCUT2D eigenvalue weighted by molar-refractivity contribution is 6.26. The second kappa shape index (κ2) is 7.50. The second-order valence-corrected chi connectivity index (χ2v) is 5.28. The number of rotatable bonds is 5. The summed E-state index contributed by atoms with van der Waals surface area (Å²) < 4.78 is 0. The van der Waals surface area contributed by atoms with Crippen LogP contribution in [0.25, 0.3) is 6.08 Å². The Hall–Kier alpha value is -2.74. The molecule has 1 aliphatic rings. The first-order chi connectivity index (χ1) is 11.1. The average molecular weight is 311 g/mol. The van der Waals surface area contributed by atoms with Gasteiger partial charge in [0, 0.05) is 32.2 Å². The van der Waals surface area contributed by atoms with Crippen molar-refractivity contribution in [2.75, 3.05) is 25.0 Å². The fraction of sp³-hybridized carbons (Fsp3) is 0.333. The summed E-state index contributed by atoms with van der Waals surface area (Å²) in [5.74, 6) is 2.58. The molecule has 1 aromatic carbocycles. The van der Waals surface area contributed by atoms with E-state index in [9.17, 15) is 4.79 Å². The van der Waals surface area contributed by atoms with Crippen molar-refractivity contribution in [2.45, 2.75) is 20.3 Å². The average Bonchev–Trinajstić information content (AvgIpc) is 2.79. The minimum absolute atomic E-state index is 0.0793. The minimum atomic E-state index is -0.0793. The lowest BCUT2D eigenvalue weighted by Gasteiger charge is -2.22. The van der Waals surface area contributed by atoms with Crippen LogP contribution in [0.2, 0.25) is 0 Å². The summed E-state index contributed by atoms with van der Waals surface area (Å²) in [6.07, 6.45) is 4.41. The summed E-state index contributed by atoms with van der Waals surface area (Å²) >= 11 is 0. The molecule has 2 rings (SSSR count). The van der Waals surface area contributed by atoms with Crippen molar-refractivity contribution in [3.8, 4) is 12.0 Å². The van der Waals surface area contributed by atoms with Gasteiger partial charge in [0.25, 0.3) is 5.91 Å². The standard InChI is InChI=1S/C18H21N3O2/c1-4-21(11-5-6-12-22)16-9-7-15(8-10-16)13-17-14(2)19-20(3)18(17)23/h7-10,13,22H,4-5,11H2,1-3H3. The molecule has 0 saturated carbocycles. The van der Waals surface area contributed by atoms with E-state index < -0.39 is 0 Å². The predicted molar refractivity (Wildman–Crippen MR) is 92.5 cm³/mol. The fourth-order valence-electron chi connectivity index (χ4n) is 2.48. The van der Waals surface area contributed by atoms with Crippen LogP contribution in [0.5, 0.6) is 0 Å². The largest absolute Gasteiger partial charge is 0.462 e. The highest BCUT2D eigenvalue weighted by Gasteiger charge is 2.23. The molecule has 1 aliphatic heterocycles. The first-order valence-corrected chi connectivity index (χ1v) is 7.59. The molecule has 0 bridgehead atoms. The van der Waals surface area contributed by atoms with E-state index >= 15 is 0 Å². The minimum Gasteiger partial charge on any atom is -0.462 e. The summed E-state index contributed by atoms with van der Waals surface area (Å²) in [6.45, 7) is 5.54. The molecule has 1 heterocycles. The summed E-state index contributed by atoms with van der Waals surface area (Å²) in [7, 11) is 1.66. The van der Waals surface area contributed by atoms with Crippen LogP contribution in [0, 0.1) is 12.0 Å². The third-order valence-corrected chi connectivity index (χ3v) is 3.75. The molecule has 0 unspecified atom stereocenters. The van der Waals surface area contributed by atoms with Gasteiger partial charge in [0.15, 0.2) is 0 Å². The summed E-state index contributed by atoms with van der Waals surface area (Å²) in [5.41, 5.74) is 3.42. The Morgan fingerprint density at radius 2 is 2.04 bits per heavy atom. The van der Waals surface area contributed by atoms with Crippen molar-refractivity contribution in [3.63, 3.8) is 0 Å². The van der Waals surface area contributed by atoms with Gasteiger partial charge < -0.3 is 10.0 Å². The zero-order valence-corrected chi connectivity index (χ0v) is 13.7. The van der Waals surface area contributed by atoms with Gasteiger partial charge >= 0.3 is 0 Å². The molecule has 1 aromatic rings. The van der Waals surface area contributed by atoms with E-state index in [-0.39, 0.29) is 5.91 Å². The lowest BCUT2D eigenvalue weighted by molar-refractivity contribution is -0.124. The van der Waals surface area contributed by atoms with E-state index in [1.165, 1.54) is 5.01 Å². The van der Waals surface area contributed by atoms with E-state index in [0.29, 0.717) is 12.0 Å². The topological polar surface area (TPSA) is 56.1 Å². The van der Waals surface area contributed by atoms with Crippen molar-refractivity contribution in [3.05, 3.63) is 35.4 Å². The van der Waals surface area contributed by atoms with Crippen LogP contribution in [0.4, 0.5) is 5.69 Å². The number of carbonyl (C=O) groups excluding carboxylic acids is 1. The smallest absolute Gasteiger partial charge is 0.275 e. The SMILES string of the molecule is CCN(CCC#CO)c1ccc(C=C2C(=O)N(C)N=C2C)cc1. The van der Waals surface area contributed by atoms with Gasteiger partial charge in [-0.2, -0.15) is 5.10 Å². The van der Waals surface area contributed by atoms with Crippen LogP contribution < -0.4 is 4.90 Å². The number of anilines is 1. The Balaban J connectivity index is 2.14. The first-order valence-electron chi connectivity index (χ1n) is 7.59. The summed E-state index contributed by atoms with van der Waals surface area (Å²) in [6, 6.07) is 8.03. The van der Waals surface area contributed by atoms with Gasteiger partial charge in [-0.05, 0) is 37.6 Å². The zero-order chi connectivity index (χ0) is 16.8. The van der Waals surface area contributed by atoms with E-state index in [4.69, 9.17) is 5.11 Å². The Kier molecular flexibility index (Phi) is 5.42. The first kappa shape index (κ1) is 16.6. The molecule has 23 heavy (non-hydrogen) atoms. The molecule has 0 aromatic heterocycles. The Morgan fingerprint density at radius 1 is 1.35 bits per heavy atom. The number of hydrogen-bond acceptors (Lipinski definition) is 4. The Labute approximate surface area is 136 Å². The molecule has 120 valence electrons. The molecule has 0 spiro atoms. The third-order valence-electron chi connectivity index (χ3n) is 3.75. The highest BCUT2D eigenvalue weighted by atomic mass is 16.2. The second-order valence-electron chi connectivity index (χ2n) is 5.28. The number of aliphatic hydroxyl groups is 1. The number of nitrogens with zero attached hydrogens (tertiary/aromatic N) is 3. The van der Waals surface area contributed by atoms with Crippen molar-refractivity contribution >= 4 is 23.4 Å². The molecular formula is C18H21N3O2. The molecule has 5 nitrogen and oxygen atoms in total. The maximum absolute atomic E-state index is 12.0. The number of likely N-dealkylation sites (N-methyl/N-ethyl adjacent to an activating group) is 1. The van der Waals surface area contributed by atoms with Crippen LogP contribution in [-0.2, 0) is 4.79 Å². The van der Waals surface area contributed by atoms with E-state index in [1.807, 2.05) is 43.4 Å². The van der Waals surface area contributed by atoms with Crippen molar-refractivity contribution < 1.29 is 9.90 Å². The van der Waals surface area contributed by atoms with Crippen LogP contribution in [-0.4, -0.2) is 41.9 Å². The number of benzene rings is 1. The normalized spacial score (nSPS) is 15.4. The number of amides is 1. The molecule has 5 heteroatoms. The molecule has 0 radical (unpaired) electrons. The molecule has 1 amide bonds. The van der Waals surface area contributed by atoms with Gasteiger partial charge in [0.1, 0.15) is 6.11 Å². The van der Waals surface area contributed by atoms with E-state index in [2.05, 4.69) is 22.8 Å². The van der Waals surface area contributed by atoms with Crippen LogP contribution in [0.1, 0.15) is 25.8 Å². The molecule has 0 aliphatic carbocycles. The van der Waals surface area contributed by atoms with Gasteiger partial charge in [0.2, 0.25) is 0 Å². The van der Waals surface area contributed by atoms with Crippen LogP contribution in [0.15, 0.2) is 34.9 Å². The monoisotopic (exact) mass is 311 g/mol. The van der Waals surface area contributed by atoms with Crippen molar-refractivity contribution in [1.29, 1.82) is 0 Å². The quantitative estimate of drug-likeness (QED) is 0.671. The Morgan fingerprint density at radius 3 is 2.57 bits per heavy atom. The van der Waals surface area contributed by atoms with Crippen LogP contribution in [0.3, 0.4) is 0 Å². The van der Waals surface area contributed by atoms with Gasteiger partial charge in [-0.1, -0.05) is 18.1 Å². The summed E-state index contributed by atoms with van der Waals surface area (Å²) in [4.78, 5) is 14.2. The lowest BCUT2D eigenvalue weighted by atomic mass is 10.1. The van der Waals surface area contributed by atoms with Gasteiger partial charge in [-0.25, -0.2) is 5.01 Å². The lowest BCUT2D eigenvalue weighted by Crippen LogP contribution is -2.23. The maximum Gasteiger partial charge on any atom is 0.275 e. The van der Waals surface area contributed by atoms with Crippen molar-refractivity contribution in [2.24, 2.45) is 5.10 Å². The van der Waals surface area contributed by atoms with Crippen molar-refractivity contribution in [1.82, 2.24) is 5.01 Å². The Bertz CT molecular complexity index is 693. The molecule has 0 atom stereocenters. The number of aliphatic hydroxyl groups excluding tert-OH is 1. The van der Waals surface area contributed by atoms with Gasteiger partial charge in [0.05, 0.1) is 11.3 Å².